The molecule has 0 aromatic carbocycles. The summed E-state index contributed by atoms with van der Waals surface area (Å²) >= 11 is 1.27. The quantitative estimate of drug-likeness (QED) is 0.868. The maximum atomic E-state index is 10.6. The number of nitrogens with zero attached hydrogens (tertiary/aromatic N) is 1. The summed E-state index contributed by atoms with van der Waals surface area (Å²) in [6.45, 7) is 1.99. The molecule has 15 heavy (non-hydrogen) atoms. The van der Waals surface area contributed by atoms with Crippen LogP contribution in [0.2, 0.25) is 0 Å². The number of thiazole rings is 1. The predicted molar refractivity (Wildman–Crippen MR) is 56.2 cm³/mol. The van der Waals surface area contributed by atoms with Crippen LogP contribution in [0.3, 0.4) is 0 Å². The number of aryl methyl sites for hydroxylation is 1. The lowest BCUT2D eigenvalue weighted by molar-refractivity contribution is 0.0691. The summed E-state index contributed by atoms with van der Waals surface area (Å²) in [4.78, 5) is 14.6. The van der Waals surface area contributed by atoms with Crippen LogP contribution in [0.25, 0.3) is 10.8 Å². The largest absolute Gasteiger partial charge is 0.476 e. The van der Waals surface area contributed by atoms with E-state index in [4.69, 9.17) is 9.52 Å². The predicted octanol–water partition coefficient (Wildman–Crippen LogP) is 2.66. The molecule has 0 radical (unpaired) electrons. The van der Waals surface area contributed by atoms with Crippen LogP contribution in [0.4, 0.5) is 0 Å². The third kappa shape index (κ3) is 1.92. The molecule has 0 unspecified atom stereocenters. The van der Waals surface area contributed by atoms with Gasteiger partial charge < -0.3 is 9.52 Å². The lowest BCUT2D eigenvalue weighted by atomic mass is 10.4. The average Bonchev–Trinajstić information content (AvgIpc) is 2.86. The van der Waals surface area contributed by atoms with Gasteiger partial charge in [0.1, 0.15) is 5.76 Å². The molecular formula is C10H9NO3S. The zero-order valence-corrected chi connectivity index (χ0v) is 8.87. The number of aromatic nitrogens is 1. The van der Waals surface area contributed by atoms with Crippen molar-refractivity contribution in [2.75, 3.05) is 0 Å². The molecule has 2 heterocycles. The number of hydrogen-bond donors (Lipinski definition) is 1. The van der Waals surface area contributed by atoms with E-state index in [9.17, 15) is 4.79 Å². The lowest BCUT2D eigenvalue weighted by Gasteiger charge is -1.89. The molecule has 0 aliphatic carbocycles. The fourth-order valence-electron chi connectivity index (χ4n) is 1.17. The first-order valence-corrected chi connectivity index (χ1v) is 5.36. The molecule has 0 spiro atoms. The number of carbonyl (C=O) groups is 1. The van der Waals surface area contributed by atoms with E-state index in [1.165, 1.54) is 16.7 Å². The summed E-state index contributed by atoms with van der Waals surface area (Å²) < 4.78 is 5.47. The fourth-order valence-corrected chi connectivity index (χ4v) is 1.92. The molecule has 0 saturated carbocycles. The molecule has 0 fully saturated rings. The molecule has 0 amide bonds. The standard InChI is InChI=1S/C10H9NO3S/c1-2-6-3-4-8(14-6)9-11-7(5-15-9)10(12)13/h3-5H,2H2,1H3,(H,12,13). The first-order chi connectivity index (χ1) is 7.20. The van der Waals surface area contributed by atoms with E-state index < -0.39 is 5.97 Å². The number of rotatable bonds is 3. The third-order valence-electron chi connectivity index (χ3n) is 1.94. The number of carboxylic acids is 1. The van der Waals surface area contributed by atoms with Crippen LogP contribution in [0, 0.1) is 0 Å². The van der Waals surface area contributed by atoms with E-state index in [2.05, 4.69) is 4.98 Å². The molecule has 4 nitrogen and oxygen atoms in total. The van der Waals surface area contributed by atoms with Crippen LogP contribution < -0.4 is 0 Å². The minimum Gasteiger partial charge on any atom is -0.476 e. The zero-order valence-electron chi connectivity index (χ0n) is 8.06. The van der Waals surface area contributed by atoms with Gasteiger partial charge in [-0.3, -0.25) is 0 Å². The second kappa shape index (κ2) is 3.86. The van der Waals surface area contributed by atoms with Crippen molar-refractivity contribution >= 4 is 17.3 Å². The fraction of sp³-hybridized carbons (Fsp3) is 0.200. The Hall–Kier alpha value is -1.62. The highest BCUT2D eigenvalue weighted by Crippen LogP contribution is 2.25. The summed E-state index contributed by atoms with van der Waals surface area (Å²) in [5.41, 5.74) is 0.0597. The highest BCUT2D eigenvalue weighted by molar-refractivity contribution is 7.13. The van der Waals surface area contributed by atoms with Gasteiger partial charge in [0, 0.05) is 11.8 Å². The Morgan fingerprint density at radius 2 is 2.40 bits per heavy atom. The van der Waals surface area contributed by atoms with E-state index in [1.54, 1.807) is 0 Å². The van der Waals surface area contributed by atoms with E-state index in [1.807, 2.05) is 19.1 Å². The third-order valence-corrected chi connectivity index (χ3v) is 2.80. The van der Waals surface area contributed by atoms with Crippen LogP contribution in [-0.2, 0) is 6.42 Å². The highest BCUT2D eigenvalue weighted by atomic mass is 32.1. The summed E-state index contributed by atoms with van der Waals surface area (Å²) in [6, 6.07) is 3.68. The zero-order chi connectivity index (χ0) is 10.8. The second-order valence-corrected chi connectivity index (χ2v) is 3.82. The van der Waals surface area contributed by atoms with Gasteiger partial charge in [-0.25, -0.2) is 9.78 Å². The van der Waals surface area contributed by atoms with Crippen molar-refractivity contribution in [3.63, 3.8) is 0 Å². The molecular weight excluding hydrogens is 214 g/mol. The van der Waals surface area contributed by atoms with Gasteiger partial charge in [0.2, 0.25) is 0 Å². The van der Waals surface area contributed by atoms with E-state index in [0.29, 0.717) is 10.8 Å². The van der Waals surface area contributed by atoms with Crippen LogP contribution >= 0.6 is 11.3 Å². The molecule has 0 aliphatic heterocycles. The highest BCUT2D eigenvalue weighted by Gasteiger charge is 2.12. The van der Waals surface area contributed by atoms with Crippen molar-refractivity contribution in [1.82, 2.24) is 4.98 Å². The molecule has 1 N–H and O–H groups in total. The molecule has 0 atom stereocenters. The minimum atomic E-state index is -1.01. The molecule has 0 saturated heterocycles. The maximum absolute atomic E-state index is 10.6. The molecule has 2 aromatic heterocycles. The van der Waals surface area contributed by atoms with Crippen LogP contribution in [-0.4, -0.2) is 16.1 Å². The maximum Gasteiger partial charge on any atom is 0.355 e. The number of furan rings is 1. The monoisotopic (exact) mass is 223 g/mol. The van der Waals surface area contributed by atoms with Crippen LogP contribution in [0.5, 0.6) is 0 Å². The smallest absolute Gasteiger partial charge is 0.355 e. The van der Waals surface area contributed by atoms with Crippen molar-refractivity contribution in [1.29, 1.82) is 0 Å². The van der Waals surface area contributed by atoms with Gasteiger partial charge in [-0.2, -0.15) is 0 Å². The van der Waals surface area contributed by atoms with Gasteiger partial charge >= 0.3 is 5.97 Å². The van der Waals surface area contributed by atoms with E-state index in [-0.39, 0.29) is 5.69 Å². The molecule has 2 aromatic rings. The molecule has 0 aliphatic rings. The Bertz CT molecular complexity index is 486. The Balaban J connectivity index is 2.32. The normalized spacial score (nSPS) is 10.5. The summed E-state index contributed by atoms with van der Waals surface area (Å²) in [7, 11) is 0. The first kappa shape index (κ1) is 9.92. The van der Waals surface area contributed by atoms with E-state index in [0.717, 1.165) is 12.2 Å². The van der Waals surface area contributed by atoms with E-state index >= 15 is 0 Å². The summed E-state index contributed by atoms with van der Waals surface area (Å²) in [5.74, 6) is 0.487. The van der Waals surface area contributed by atoms with Crippen LogP contribution in [0.1, 0.15) is 23.2 Å². The summed E-state index contributed by atoms with van der Waals surface area (Å²) in [5, 5.41) is 10.8. The SMILES string of the molecule is CCc1ccc(-c2nc(C(=O)O)cs2)o1. The number of hydrogen-bond acceptors (Lipinski definition) is 4. The Morgan fingerprint density at radius 3 is 2.93 bits per heavy atom. The summed E-state index contributed by atoms with van der Waals surface area (Å²) in [6.07, 6.45) is 0.817. The van der Waals surface area contributed by atoms with Gasteiger partial charge in [-0.15, -0.1) is 11.3 Å². The molecule has 2 rings (SSSR count). The Kier molecular flexibility index (Phi) is 2.55. The number of aromatic carboxylic acids is 1. The van der Waals surface area contributed by atoms with Crippen molar-refractivity contribution in [3.8, 4) is 10.8 Å². The molecule has 0 bridgehead atoms. The molecule has 78 valence electrons. The minimum absolute atomic E-state index is 0.0597. The van der Waals surface area contributed by atoms with Crippen molar-refractivity contribution in [2.45, 2.75) is 13.3 Å². The van der Waals surface area contributed by atoms with Gasteiger partial charge in [-0.05, 0) is 12.1 Å². The Labute approximate surface area is 90.2 Å². The number of carboxylic acid groups (broad SMARTS) is 1. The van der Waals surface area contributed by atoms with Crippen molar-refractivity contribution in [2.24, 2.45) is 0 Å². The Morgan fingerprint density at radius 1 is 1.60 bits per heavy atom. The lowest BCUT2D eigenvalue weighted by Crippen LogP contribution is -1.95. The topological polar surface area (TPSA) is 63.3 Å². The first-order valence-electron chi connectivity index (χ1n) is 4.48. The van der Waals surface area contributed by atoms with Gasteiger partial charge in [-0.1, -0.05) is 6.92 Å². The van der Waals surface area contributed by atoms with Gasteiger partial charge in [0.25, 0.3) is 0 Å². The van der Waals surface area contributed by atoms with Crippen LogP contribution in [0.15, 0.2) is 21.9 Å². The molecule has 5 heteroatoms. The average molecular weight is 223 g/mol. The van der Waals surface area contributed by atoms with Gasteiger partial charge in [0.05, 0.1) is 0 Å². The van der Waals surface area contributed by atoms with Crippen molar-refractivity contribution < 1.29 is 14.3 Å². The van der Waals surface area contributed by atoms with Crippen molar-refractivity contribution in [3.05, 3.63) is 29.0 Å². The van der Waals surface area contributed by atoms with Gasteiger partial charge in [0.15, 0.2) is 16.5 Å². The second-order valence-electron chi connectivity index (χ2n) is 2.96.